The van der Waals surface area contributed by atoms with Crippen LogP contribution in [0.3, 0.4) is 0 Å². The molecule has 0 amide bonds. The second-order valence-corrected chi connectivity index (χ2v) is 6.64. The number of hydrogen-bond acceptors (Lipinski definition) is 3. The van der Waals surface area contributed by atoms with E-state index in [-0.39, 0.29) is 0 Å². The van der Waals surface area contributed by atoms with Gasteiger partial charge in [0.05, 0.1) is 0 Å². The quantitative estimate of drug-likeness (QED) is 0.772. The summed E-state index contributed by atoms with van der Waals surface area (Å²) in [6, 6.07) is 0.723. The van der Waals surface area contributed by atoms with Gasteiger partial charge in [0, 0.05) is 30.6 Å². The van der Waals surface area contributed by atoms with E-state index >= 15 is 0 Å². The zero-order chi connectivity index (χ0) is 12.0. The lowest BCUT2D eigenvalue weighted by molar-refractivity contribution is 0.174. The minimum absolute atomic E-state index is 0.723. The Morgan fingerprint density at radius 1 is 1.06 bits per heavy atom. The van der Waals surface area contributed by atoms with Crippen LogP contribution in [0.25, 0.3) is 0 Å². The summed E-state index contributed by atoms with van der Waals surface area (Å²) in [4.78, 5) is 2.65. The highest BCUT2D eigenvalue weighted by atomic mass is 32.2. The Bertz CT molecular complexity index is 179. The van der Waals surface area contributed by atoms with Crippen LogP contribution in [-0.2, 0) is 0 Å². The maximum atomic E-state index is 3.57. The molecule has 2 nitrogen and oxygen atoms in total. The first-order valence-corrected chi connectivity index (χ1v) is 7.79. The molecule has 16 heavy (non-hydrogen) atoms. The maximum Gasteiger partial charge on any atom is 0.0105 e. The van der Waals surface area contributed by atoms with Crippen molar-refractivity contribution >= 4 is 11.8 Å². The smallest absolute Gasteiger partial charge is 0.0105 e. The molecule has 0 saturated carbocycles. The number of nitrogens with one attached hydrogen (secondary N) is 1. The largest absolute Gasteiger partial charge is 0.316 e. The van der Waals surface area contributed by atoms with E-state index in [1.165, 1.54) is 24.6 Å². The van der Waals surface area contributed by atoms with Crippen LogP contribution in [-0.4, -0.2) is 48.6 Å². The van der Waals surface area contributed by atoms with E-state index in [9.17, 15) is 0 Å². The number of rotatable bonds is 6. The molecule has 0 spiro atoms. The van der Waals surface area contributed by atoms with Gasteiger partial charge in [-0.05, 0) is 31.8 Å². The van der Waals surface area contributed by atoms with Crippen LogP contribution in [0.15, 0.2) is 0 Å². The highest BCUT2D eigenvalue weighted by Gasteiger charge is 2.21. The average molecular weight is 244 g/mol. The molecule has 1 rings (SSSR count). The summed E-state index contributed by atoms with van der Waals surface area (Å²) < 4.78 is 0. The molecule has 0 bridgehead atoms. The summed E-state index contributed by atoms with van der Waals surface area (Å²) in [5, 5.41) is 3.57. The first kappa shape index (κ1) is 14.3. The summed E-state index contributed by atoms with van der Waals surface area (Å²) in [6.07, 6.45) is 0. The third kappa shape index (κ3) is 5.07. The van der Waals surface area contributed by atoms with Crippen LogP contribution in [0.1, 0.15) is 27.7 Å². The van der Waals surface area contributed by atoms with E-state index in [2.05, 4.69) is 49.7 Å². The molecule has 0 aromatic carbocycles. The van der Waals surface area contributed by atoms with Crippen LogP contribution >= 0.6 is 11.8 Å². The Morgan fingerprint density at radius 2 is 1.69 bits per heavy atom. The van der Waals surface area contributed by atoms with Gasteiger partial charge in [-0.25, -0.2) is 0 Å². The van der Waals surface area contributed by atoms with Crippen molar-refractivity contribution in [3.05, 3.63) is 0 Å². The number of hydrogen-bond donors (Lipinski definition) is 1. The van der Waals surface area contributed by atoms with Gasteiger partial charge in [0.25, 0.3) is 0 Å². The molecule has 2 atom stereocenters. The van der Waals surface area contributed by atoms with E-state index in [0.717, 1.165) is 31.0 Å². The first-order chi connectivity index (χ1) is 7.61. The van der Waals surface area contributed by atoms with Crippen molar-refractivity contribution in [2.75, 3.05) is 37.7 Å². The zero-order valence-corrected chi connectivity index (χ0v) is 12.1. The van der Waals surface area contributed by atoms with Crippen LogP contribution in [0.4, 0.5) is 0 Å². The first-order valence-electron chi connectivity index (χ1n) is 6.63. The van der Waals surface area contributed by atoms with Crippen molar-refractivity contribution in [2.45, 2.75) is 33.7 Å². The lowest BCUT2D eigenvalue weighted by Gasteiger charge is -2.35. The van der Waals surface area contributed by atoms with Gasteiger partial charge in [0.1, 0.15) is 0 Å². The number of nitrogens with zero attached hydrogens (tertiary/aromatic N) is 1. The summed E-state index contributed by atoms with van der Waals surface area (Å²) in [7, 11) is 0. The molecule has 0 aromatic rings. The molecule has 0 aliphatic carbocycles. The van der Waals surface area contributed by atoms with Crippen LogP contribution in [0, 0.1) is 11.8 Å². The Labute approximate surface area is 106 Å². The van der Waals surface area contributed by atoms with E-state index in [0.29, 0.717) is 0 Å². The van der Waals surface area contributed by atoms with Gasteiger partial charge in [-0.15, -0.1) is 0 Å². The molecule has 1 N–H and O–H groups in total. The fourth-order valence-electron chi connectivity index (χ4n) is 2.11. The van der Waals surface area contributed by atoms with E-state index in [1.807, 2.05) is 0 Å². The Hall–Kier alpha value is 0.270. The minimum Gasteiger partial charge on any atom is -0.316 e. The van der Waals surface area contributed by atoms with Crippen LogP contribution in [0.5, 0.6) is 0 Å². The third-order valence-electron chi connectivity index (χ3n) is 3.46. The molecule has 1 aliphatic heterocycles. The van der Waals surface area contributed by atoms with Gasteiger partial charge < -0.3 is 5.32 Å². The lowest BCUT2D eigenvalue weighted by atomic mass is 10.0. The molecule has 1 heterocycles. The average Bonchev–Trinajstić information content (AvgIpc) is 2.28. The summed E-state index contributed by atoms with van der Waals surface area (Å²) in [5.41, 5.74) is 0. The highest BCUT2D eigenvalue weighted by Crippen LogP contribution is 2.16. The zero-order valence-electron chi connectivity index (χ0n) is 11.3. The summed E-state index contributed by atoms with van der Waals surface area (Å²) in [5.74, 6) is 4.14. The normalized spacial score (nSPS) is 22.3. The van der Waals surface area contributed by atoms with E-state index in [4.69, 9.17) is 0 Å². The molecule has 0 radical (unpaired) electrons. The predicted octanol–water partition coefficient (Wildman–Crippen LogP) is 2.31. The molecule has 2 unspecified atom stereocenters. The third-order valence-corrected chi connectivity index (χ3v) is 4.41. The second-order valence-electron chi connectivity index (χ2n) is 5.42. The number of thioether (sulfide) groups is 1. The van der Waals surface area contributed by atoms with E-state index in [1.54, 1.807) is 0 Å². The van der Waals surface area contributed by atoms with Crippen molar-refractivity contribution in [3.63, 3.8) is 0 Å². The van der Waals surface area contributed by atoms with E-state index < -0.39 is 0 Å². The molecule has 1 fully saturated rings. The van der Waals surface area contributed by atoms with Crippen LogP contribution in [0.2, 0.25) is 0 Å². The van der Waals surface area contributed by atoms with Gasteiger partial charge in [-0.1, -0.05) is 20.8 Å². The van der Waals surface area contributed by atoms with Gasteiger partial charge in [-0.2, -0.15) is 11.8 Å². The molecule has 1 saturated heterocycles. The molecular weight excluding hydrogens is 216 g/mol. The lowest BCUT2D eigenvalue weighted by Crippen LogP contribution is -2.45. The molecule has 0 aromatic heterocycles. The predicted molar refractivity (Wildman–Crippen MR) is 75.2 cm³/mol. The molecule has 3 heteroatoms. The Balaban J connectivity index is 2.20. The monoisotopic (exact) mass is 244 g/mol. The standard InChI is InChI=1S/C13H28N2S/c1-11(2)9-14-10-12(3)13(4)15-5-7-16-8-6-15/h11-14H,5-10H2,1-4H3. The summed E-state index contributed by atoms with van der Waals surface area (Å²) >= 11 is 2.09. The summed E-state index contributed by atoms with van der Waals surface area (Å²) in [6.45, 7) is 14.2. The van der Waals surface area contributed by atoms with Crippen molar-refractivity contribution in [1.29, 1.82) is 0 Å². The van der Waals surface area contributed by atoms with Crippen molar-refractivity contribution in [2.24, 2.45) is 11.8 Å². The fraction of sp³-hybridized carbons (Fsp3) is 1.00. The fourth-order valence-corrected chi connectivity index (χ4v) is 3.05. The molecular formula is C13H28N2S. The van der Waals surface area contributed by atoms with Crippen molar-refractivity contribution < 1.29 is 0 Å². The second kappa shape index (κ2) is 7.57. The van der Waals surface area contributed by atoms with Crippen molar-refractivity contribution in [1.82, 2.24) is 10.2 Å². The minimum atomic E-state index is 0.723. The Morgan fingerprint density at radius 3 is 2.25 bits per heavy atom. The molecule has 96 valence electrons. The van der Waals surface area contributed by atoms with Crippen molar-refractivity contribution in [3.8, 4) is 0 Å². The highest BCUT2D eigenvalue weighted by molar-refractivity contribution is 7.99. The maximum absolute atomic E-state index is 3.57. The van der Waals surface area contributed by atoms with Gasteiger partial charge in [-0.3, -0.25) is 4.90 Å². The van der Waals surface area contributed by atoms with Gasteiger partial charge in [0.15, 0.2) is 0 Å². The Kier molecular flexibility index (Phi) is 6.78. The SMILES string of the molecule is CC(C)CNCC(C)C(C)N1CCSCC1. The van der Waals surface area contributed by atoms with Crippen LogP contribution < -0.4 is 5.32 Å². The topological polar surface area (TPSA) is 15.3 Å². The molecule has 1 aliphatic rings. The van der Waals surface area contributed by atoms with Gasteiger partial charge in [0.2, 0.25) is 0 Å². The van der Waals surface area contributed by atoms with Gasteiger partial charge >= 0.3 is 0 Å².